The predicted octanol–water partition coefficient (Wildman–Crippen LogP) is 9.20. The molecular formula is C32H21F12O3P. The first-order valence-electron chi connectivity index (χ1n) is 13.9. The molecule has 2 aliphatic rings. The van der Waals surface area contributed by atoms with Gasteiger partial charge in [-0.25, -0.2) is 0 Å². The van der Waals surface area contributed by atoms with Crippen LogP contribution >= 0.6 is 7.06 Å². The van der Waals surface area contributed by atoms with Crippen molar-refractivity contribution in [3.63, 3.8) is 0 Å². The summed E-state index contributed by atoms with van der Waals surface area (Å²) in [5, 5.41) is 9.38. The van der Waals surface area contributed by atoms with Gasteiger partial charge in [0.2, 0.25) is 0 Å². The van der Waals surface area contributed by atoms with Crippen molar-refractivity contribution in [1.29, 1.82) is 0 Å². The molecule has 1 N–H and O–H groups in total. The van der Waals surface area contributed by atoms with Gasteiger partial charge in [-0.05, 0) is 0 Å². The molecule has 0 fully saturated rings. The van der Waals surface area contributed by atoms with Crippen LogP contribution in [0, 0.1) is 0 Å². The molecule has 2 aliphatic heterocycles. The molecule has 2 atom stereocenters. The zero-order valence-corrected chi connectivity index (χ0v) is 24.7. The third-order valence-corrected chi connectivity index (χ3v) is 14.3. The summed E-state index contributed by atoms with van der Waals surface area (Å²) in [6.45, 7) is 0. The molecule has 16 heteroatoms. The molecule has 48 heavy (non-hydrogen) atoms. The molecular weight excluding hydrogens is 691 g/mol. The molecule has 0 radical (unpaired) electrons. The van der Waals surface area contributed by atoms with Crippen molar-refractivity contribution in [2.45, 2.75) is 47.7 Å². The Morgan fingerprint density at radius 3 is 1.12 bits per heavy atom. The van der Waals surface area contributed by atoms with E-state index in [2.05, 4.69) is 0 Å². The molecule has 256 valence electrons. The van der Waals surface area contributed by atoms with Crippen LogP contribution in [0.2, 0.25) is 0 Å². The number of benzene rings is 4. The van der Waals surface area contributed by atoms with Gasteiger partial charge in [0.25, 0.3) is 0 Å². The van der Waals surface area contributed by atoms with E-state index < -0.39 is 82.0 Å². The average Bonchev–Trinajstić information content (AvgIpc) is 3.46. The van der Waals surface area contributed by atoms with E-state index in [4.69, 9.17) is 9.05 Å². The number of hydrogen-bond donors (Lipinski definition) is 1. The number of aliphatic hydroxyl groups excluding tert-OH is 1. The van der Waals surface area contributed by atoms with Crippen molar-refractivity contribution in [2.24, 2.45) is 0 Å². The van der Waals surface area contributed by atoms with E-state index in [1.807, 2.05) is 0 Å². The quantitative estimate of drug-likeness (QED) is 0.170. The zero-order valence-electron chi connectivity index (χ0n) is 23.8. The van der Waals surface area contributed by atoms with Crippen LogP contribution < -0.4 is 10.6 Å². The van der Waals surface area contributed by atoms with E-state index in [0.29, 0.717) is 24.3 Å². The summed E-state index contributed by atoms with van der Waals surface area (Å²) in [7, 11) is -7.37. The van der Waals surface area contributed by atoms with Gasteiger partial charge in [-0.1, -0.05) is 0 Å². The number of alkyl halides is 12. The predicted molar refractivity (Wildman–Crippen MR) is 149 cm³/mol. The van der Waals surface area contributed by atoms with Crippen LogP contribution in [-0.4, -0.2) is 29.8 Å². The maximum absolute atomic E-state index is 15.2. The molecule has 0 bridgehead atoms. The summed E-state index contributed by atoms with van der Waals surface area (Å²) in [5.74, 6) is 0. The Kier molecular flexibility index (Phi) is 7.43. The minimum absolute atomic E-state index is 0.277. The van der Waals surface area contributed by atoms with E-state index >= 15 is 52.7 Å². The van der Waals surface area contributed by atoms with Gasteiger partial charge in [-0.2, -0.15) is 0 Å². The molecule has 6 rings (SSSR count). The Bertz CT molecular complexity index is 1720. The maximum atomic E-state index is 15.2. The van der Waals surface area contributed by atoms with Gasteiger partial charge < -0.3 is 0 Å². The van der Waals surface area contributed by atoms with Crippen LogP contribution in [0.25, 0.3) is 0 Å². The summed E-state index contributed by atoms with van der Waals surface area (Å²) in [6.07, 6.45) is -28.6. The molecule has 4 aromatic rings. The second-order valence-electron chi connectivity index (χ2n) is 11.3. The fourth-order valence-electron chi connectivity index (χ4n) is 7.01. The van der Waals surface area contributed by atoms with Crippen LogP contribution in [0.3, 0.4) is 0 Å². The van der Waals surface area contributed by atoms with E-state index in [9.17, 15) is 5.11 Å². The van der Waals surface area contributed by atoms with E-state index in [1.54, 1.807) is 0 Å². The second-order valence-corrected chi connectivity index (χ2v) is 15.2. The number of rotatable bonds is 4. The third-order valence-electron chi connectivity index (χ3n) is 8.80. The van der Waals surface area contributed by atoms with Gasteiger partial charge in [0.15, 0.2) is 0 Å². The zero-order chi connectivity index (χ0) is 35.2. The first kappa shape index (κ1) is 34.2. The van der Waals surface area contributed by atoms with Crippen molar-refractivity contribution in [2.75, 3.05) is 0 Å². The Labute approximate surface area is 263 Å². The van der Waals surface area contributed by atoms with Gasteiger partial charge >= 0.3 is 264 Å². The molecule has 4 aromatic carbocycles. The fraction of sp³-hybridized carbons (Fsp3) is 0.250. The van der Waals surface area contributed by atoms with Crippen molar-refractivity contribution in [1.82, 2.24) is 0 Å². The van der Waals surface area contributed by atoms with Crippen LogP contribution in [0.5, 0.6) is 0 Å². The van der Waals surface area contributed by atoms with Crippen LogP contribution in [0.15, 0.2) is 109 Å². The molecule has 0 saturated carbocycles. The number of fused-ring (bicyclic) bond motifs is 4. The summed E-state index contributed by atoms with van der Waals surface area (Å²) in [5.41, 5.74) is -18.0. The van der Waals surface area contributed by atoms with Gasteiger partial charge in [-0.3, -0.25) is 0 Å². The van der Waals surface area contributed by atoms with Crippen LogP contribution in [-0.2, 0) is 20.2 Å². The van der Waals surface area contributed by atoms with E-state index in [1.165, 1.54) is 36.4 Å². The molecule has 3 nitrogen and oxygen atoms in total. The van der Waals surface area contributed by atoms with Gasteiger partial charge in [0, 0.05) is 0 Å². The number of aliphatic hydroxyl groups is 1. The molecule has 2 unspecified atom stereocenters. The molecule has 1 spiro atoms. The molecule has 0 saturated heterocycles. The van der Waals surface area contributed by atoms with E-state index in [0.717, 1.165) is 36.4 Å². The van der Waals surface area contributed by atoms with Crippen LogP contribution in [0.4, 0.5) is 52.7 Å². The van der Waals surface area contributed by atoms with Gasteiger partial charge in [0.1, 0.15) is 0 Å². The second kappa shape index (κ2) is 10.4. The minimum atomic E-state index is -7.37. The van der Waals surface area contributed by atoms with Crippen molar-refractivity contribution < 1.29 is 66.8 Å². The first-order valence-corrected chi connectivity index (χ1v) is 16.0. The Hall–Kier alpha value is -3.65. The summed E-state index contributed by atoms with van der Waals surface area (Å²) < 4.78 is 193. The first-order chi connectivity index (χ1) is 22.2. The Balaban J connectivity index is 1.94. The number of hydrogen-bond acceptors (Lipinski definition) is 3. The normalized spacial score (nSPS) is 21.5. The van der Waals surface area contributed by atoms with Crippen LogP contribution in [0.1, 0.15) is 34.0 Å². The SMILES string of the molecule is OC(c1ccccc1)C(c1ccccc1)P12(OC(C(F)(F)F)(C(F)(F)F)c3ccccc31)OC(C(F)(F)F)(C(F)(F)F)c1ccccc12. The Morgan fingerprint density at radius 1 is 0.458 bits per heavy atom. The van der Waals surface area contributed by atoms with E-state index in [-0.39, 0.29) is 17.7 Å². The molecule has 0 aromatic heterocycles. The van der Waals surface area contributed by atoms with Gasteiger partial charge in [-0.15, -0.1) is 0 Å². The molecule has 0 amide bonds. The van der Waals surface area contributed by atoms with Crippen molar-refractivity contribution in [3.05, 3.63) is 131 Å². The fourth-order valence-corrected chi connectivity index (χ4v) is 13.7. The van der Waals surface area contributed by atoms with Gasteiger partial charge in [0.05, 0.1) is 0 Å². The third kappa shape index (κ3) is 4.13. The topological polar surface area (TPSA) is 38.7 Å². The summed E-state index contributed by atoms with van der Waals surface area (Å²) >= 11 is 0. The molecule has 0 aliphatic carbocycles. The van der Waals surface area contributed by atoms with Crippen molar-refractivity contribution in [3.8, 4) is 0 Å². The monoisotopic (exact) mass is 712 g/mol. The summed E-state index contributed by atoms with van der Waals surface area (Å²) in [4.78, 5) is 0. The number of halogens is 12. The Morgan fingerprint density at radius 2 is 0.771 bits per heavy atom. The standard InChI is InChI=1S/C32H21F12O3P/c33-29(34,35)27(30(36,37)38)21-15-7-9-17-23(21)48(46-27,26(20-13-5-2-6-14-20)25(45)19-11-3-1-4-12-19)24-18-10-8-16-22(24)28(47-48,31(39,40)41)32(42,43)44/h1-18,25-26,45H. The molecule has 2 heterocycles. The van der Waals surface area contributed by atoms with Crippen molar-refractivity contribution >= 4 is 17.7 Å². The summed E-state index contributed by atoms with van der Waals surface area (Å²) in [6, 6.07) is 16.9. The average molecular weight is 712 g/mol.